The molecule has 1 saturated heterocycles. The minimum Gasteiger partial charge on any atom is -0.350 e. The van der Waals surface area contributed by atoms with Gasteiger partial charge in [0.1, 0.15) is 5.01 Å². The van der Waals surface area contributed by atoms with Crippen molar-refractivity contribution in [3.63, 3.8) is 0 Å². The number of nitrogens with zero attached hydrogens (tertiary/aromatic N) is 1. The number of sulfone groups is 1. The average molecular weight is 364 g/mol. The predicted molar refractivity (Wildman–Crippen MR) is 95.8 cm³/mol. The molecule has 5 nitrogen and oxygen atoms in total. The predicted octanol–water partition coefficient (Wildman–Crippen LogP) is 2.35. The molecule has 1 aliphatic rings. The SMILES string of the molecule is Cc1cccc(-c2nc(CC(=O)NC3(C)CCS(=O)(=O)C3)cs2)c1. The van der Waals surface area contributed by atoms with Gasteiger partial charge in [-0.15, -0.1) is 11.3 Å². The zero-order chi connectivity index (χ0) is 17.4. The van der Waals surface area contributed by atoms with Gasteiger partial charge in [-0.3, -0.25) is 4.79 Å². The first-order chi connectivity index (χ1) is 11.2. The molecule has 24 heavy (non-hydrogen) atoms. The second-order valence-corrected chi connectivity index (χ2v) is 9.68. The lowest BCUT2D eigenvalue weighted by atomic mass is 10.0. The molecule has 0 aliphatic carbocycles. The van der Waals surface area contributed by atoms with Crippen LogP contribution in [0.5, 0.6) is 0 Å². The van der Waals surface area contributed by atoms with Crippen molar-refractivity contribution in [2.45, 2.75) is 32.2 Å². The molecular weight excluding hydrogens is 344 g/mol. The highest BCUT2D eigenvalue weighted by Gasteiger charge is 2.39. The van der Waals surface area contributed by atoms with Gasteiger partial charge in [-0.1, -0.05) is 23.8 Å². The van der Waals surface area contributed by atoms with E-state index in [0.717, 1.165) is 16.1 Å². The maximum Gasteiger partial charge on any atom is 0.226 e. The number of carbonyl (C=O) groups excluding carboxylic acids is 1. The molecule has 1 aromatic heterocycles. The molecule has 3 rings (SSSR count). The van der Waals surface area contributed by atoms with Crippen molar-refractivity contribution in [2.75, 3.05) is 11.5 Å². The number of hydrogen-bond acceptors (Lipinski definition) is 5. The molecule has 2 heterocycles. The van der Waals surface area contributed by atoms with E-state index >= 15 is 0 Å². The summed E-state index contributed by atoms with van der Waals surface area (Å²) >= 11 is 1.51. The minimum absolute atomic E-state index is 0.0113. The van der Waals surface area contributed by atoms with Crippen LogP contribution in [0.15, 0.2) is 29.6 Å². The molecular formula is C17H20N2O3S2. The zero-order valence-corrected chi connectivity index (χ0v) is 15.3. The highest BCUT2D eigenvalue weighted by Crippen LogP contribution is 2.25. The van der Waals surface area contributed by atoms with Crippen LogP contribution in [-0.4, -0.2) is 36.4 Å². The van der Waals surface area contributed by atoms with E-state index in [0.29, 0.717) is 12.1 Å². The van der Waals surface area contributed by atoms with Crippen LogP contribution in [0.2, 0.25) is 0 Å². The molecule has 0 bridgehead atoms. The summed E-state index contributed by atoms with van der Waals surface area (Å²) in [5.41, 5.74) is 2.25. The molecule has 0 radical (unpaired) electrons. The largest absolute Gasteiger partial charge is 0.350 e. The first kappa shape index (κ1) is 17.1. The third kappa shape index (κ3) is 4.02. The van der Waals surface area contributed by atoms with Gasteiger partial charge < -0.3 is 5.32 Å². The summed E-state index contributed by atoms with van der Waals surface area (Å²) < 4.78 is 23.2. The molecule has 0 saturated carbocycles. The third-order valence-electron chi connectivity index (χ3n) is 4.10. The maximum absolute atomic E-state index is 12.2. The van der Waals surface area contributed by atoms with E-state index in [-0.39, 0.29) is 23.8 Å². The molecule has 128 valence electrons. The number of hydrogen-bond donors (Lipinski definition) is 1. The molecule has 1 N–H and O–H groups in total. The summed E-state index contributed by atoms with van der Waals surface area (Å²) in [5, 5.41) is 5.63. The Kier molecular flexibility index (Phi) is 4.48. The van der Waals surface area contributed by atoms with Crippen LogP contribution in [0.4, 0.5) is 0 Å². The van der Waals surface area contributed by atoms with Crippen molar-refractivity contribution >= 4 is 27.1 Å². The number of rotatable bonds is 4. The maximum atomic E-state index is 12.2. The van der Waals surface area contributed by atoms with Gasteiger partial charge in [0.25, 0.3) is 0 Å². The van der Waals surface area contributed by atoms with Crippen LogP contribution in [-0.2, 0) is 21.1 Å². The lowest BCUT2D eigenvalue weighted by molar-refractivity contribution is -0.121. The Morgan fingerprint density at radius 2 is 2.21 bits per heavy atom. The normalized spacial score (nSPS) is 22.4. The average Bonchev–Trinajstić information content (AvgIpc) is 3.03. The summed E-state index contributed by atoms with van der Waals surface area (Å²) in [6.07, 6.45) is 0.630. The fraction of sp³-hybridized carbons (Fsp3) is 0.412. The molecule has 1 fully saturated rings. The summed E-state index contributed by atoms with van der Waals surface area (Å²) in [7, 11) is -3.04. The van der Waals surface area contributed by atoms with Gasteiger partial charge in [0, 0.05) is 10.9 Å². The summed E-state index contributed by atoms with van der Waals surface area (Å²) in [6.45, 7) is 3.82. The second-order valence-electron chi connectivity index (χ2n) is 6.64. The van der Waals surface area contributed by atoms with Crippen molar-refractivity contribution in [3.8, 4) is 10.6 Å². The Morgan fingerprint density at radius 3 is 2.88 bits per heavy atom. The molecule has 1 atom stereocenters. The van der Waals surface area contributed by atoms with Gasteiger partial charge in [0.05, 0.1) is 29.2 Å². The fourth-order valence-electron chi connectivity index (χ4n) is 2.95. The molecule has 1 aliphatic heterocycles. The van der Waals surface area contributed by atoms with Crippen molar-refractivity contribution < 1.29 is 13.2 Å². The van der Waals surface area contributed by atoms with Crippen LogP contribution >= 0.6 is 11.3 Å². The van der Waals surface area contributed by atoms with E-state index in [1.54, 1.807) is 6.92 Å². The van der Waals surface area contributed by atoms with Crippen LogP contribution in [0.3, 0.4) is 0 Å². The van der Waals surface area contributed by atoms with E-state index in [1.807, 2.05) is 30.5 Å². The summed E-state index contributed by atoms with van der Waals surface area (Å²) in [6, 6.07) is 8.08. The first-order valence-corrected chi connectivity index (χ1v) is 10.5. The molecule has 7 heteroatoms. The molecule has 1 amide bonds. The minimum atomic E-state index is -3.04. The molecule has 1 aromatic carbocycles. The van der Waals surface area contributed by atoms with Gasteiger partial charge >= 0.3 is 0 Å². The molecule has 1 unspecified atom stereocenters. The zero-order valence-electron chi connectivity index (χ0n) is 13.7. The first-order valence-electron chi connectivity index (χ1n) is 7.78. The Balaban J connectivity index is 1.66. The highest BCUT2D eigenvalue weighted by atomic mass is 32.2. The van der Waals surface area contributed by atoms with Crippen LogP contribution < -0.4 is 5.32 Å². The monoisotopic (exact) mass is 364 g/mol. The summed E-state index contributed by atoms with van der Waals surface area (Å²) in [5.74, 6) is -0.0364. The number of aryl methyl sites for hydroxylation is 1. The van der Waals surface area contributed by atoms with Crippen molar-refractivity contribution in [2.24, 2.45) is 0 Å². The van der Waals surface area contributed by atoms with E-state index in [4.69, 9.17) is 0 Å². The number of benzene rings is 1. The molecule has 0 spiro atoms. The standard InChI is InChI=1S/C17H20N2O3S2/c1-12-4-3-5-13(8-12)16-18-14(10-23-16)9-15(20)19-17(2)6-7-24(21,22)11-17/h3-5,8,10H,6-7,9,11H2,1-2H3,(H,19,20). The van der Waals surface area contributed by atoms with E-state index in [1.165, 1.54) is 11.3 Å². The smallest absolute Gasteiger partial charge is 0.226 e. The van der Waals surface area contributed by atoms with Gasteiger partial charge in [-0.05, 0) is 26.3 Å². The third-order valence-corrected chi connectivity index (χ3v) is 6.95. The van der Waals surface area contributed by atoms with Crippen LogP contribution in [0.25, 0.3) is 10.6 Å². The Bertz CT molecular complexity index is 873. The summed E-state index contributed by atoms with van der Waals surface area (Å²) in [4.78, 5) is 16.8. The van der Waals surface area contributed by atoms with Gasteiger partial charge in [0.15, 0.2) is 9.84 Å². The lowest BCUT2D eigenvalue weighted by Crippen LogP contribution is -2.47. The number of amides is 1. The Labute approximate surface area is 146 Å². The van der Waals surface area contributed by atoms with Crippen LogP contribution in [0.1, 0.15) is 24.6 Å². The van der Waals surface area contributed by atoms with Crippen molar-refractivity contribution in [1.29, 1.82) is 0 Å². The van der Waals surface area contributed by atoms with E-state index in [9.17, 15) is 13.2 Å². The van der Waals surface area contributed by atoms with Gasteiger partial charge in [-0.25, -0.2) is 13.4 Å². The quantitative estimate of drug-likeness (QED) is 0.903. The number of thiazole rings is 1. The topological polar surface area (TPSA) is 76.1 Å². The number of carbonyl (C=O) groups is 1. The van der Waals surface area contributed by atoms with Gasteiger partial charge in [0.2, 0.25) is 5.91 Å². The lowest BCUT2D eigenvalue weighted by Gasteiger charge is -2.23. The molecule has 2 aromatic rings. The highest BCUT2D eigenvalue weighted by molar-refractivity contribution is 7.91. The van der Waals surface area contributed by atoms with Crippen molar-refractivity contribution in [3.05, 3.63) is 40.9 Å². The van der Waals surface area contributed by atoms with E-state index in [2.05, 4.69) is 16.4 Å². The fourth-order valence-corrected chi connectivity index (χ4v) is 5.86. The van der Waals surface area contributed by atoms with Crippen LogP contribution in [0, 0.1) is 6.92 Å². The van der Waals surface area contributed by atoms with Gasteiger partial charge in [-0.2, -0.15) is 0 Å². The Morgan fingerprint density at radius 1 is 1.42 bits per heavy atom. The second kappa shape index (κ2) is 6.29. The number of aromatic nitrogens is 1. The number of nitrogens with one attached hydrogen (secondary N) is 1. The van der Waals surface area contributed by atoms with E-state index < -0.39 is 15.4 Å². The van der Waals surface area contributed by atoms with Crippen molar-refractivity contribution in [1.82, 2.24) is 10.3 Å². The Hall–Kier alpha value is -1.73.